The molecular formula is C28H26F2N6O3. The van der Waals surface area contributed by atoms with Crippen molar-refractivity contribution >= 4 is 34.0 Å². The minimum absolute atomic E-state index is 0.0644. The van der Waals surface area contributed by atoms with Crippen LogP contribution in [0.2, 0.25) is 0 Å². The quantitative estimate of drug-likeness (QED) is 0.278. The molecule has 1 aromatic heterocycles. The predicted octanol–water partition coefficient (Wildman–Crippen LogP) is 4.59. The standard InChI is InChI=1S/C28H26F2N6O3/c1-34-12-18-14-35(15-19(18)13-34)22-3-4-23(26(11-22)36(38)39)28(37)31-27-24-9-16(2-5-25(24)32-33-27)6-17-7-20(29)10-21(30)8-17/h2-5,7-11,18-19H,6,12-15H2,1H3,(H2,31,32,33,37). The predicted molar refractivity (Wildman–Crippen MR) is 143 cm³/mol. The SMILES string of the molecule is CN1CC2CN(c3ccc(C(=O)Nc4n[nH]c5ccc(Cc6cc(F)cc(F)c6)cc45)c([N+](=O)[O-])c3)CC2C1. The molecule has 11 heteroatoms. The molecule has 3 heterocycles. The number of anilines is 2. The first-order chi connectivity index (χ1) is 18.7. The molecule has 4 aromatic rings. The highest BCUT2D eigenvalue weighted by Crippen LogP contribution is 2.35. The van der Waals surface area contributed by atoms with Crippen molar-refractivity contribution in [3.05, 3.63) is 93.0 Å². The van der Waals surface area contributed by atoms with Crippen molar-refractivity contribution in [3.63, 3.8) is 0 Å². The zero-order valence-electron chi connectivity index (χ0n) is 21.2. The van der Waals surface area contributed by atoms with Gasteiger partial charge >= 0.3 is 0 Å². The van der Waals surface area contributed by atoms with Crippen LogP contribution >= 0.6 is 0 Å². The summed E-state index contributed by atoms with van der Waals surface area (Å²) in [6.07, 6.45) is 0.268. The number of nitrogens with zero attached hydrogens (tertiary/aromatic N) is 4. The Labute approximate surface area is 222 Å². The topological polar surface area (TPSA) is 107 Å². The minimum atomic E-state index is -0.657. The number of nitro benzene ring substituents is 1. The minimum Gasteiger partial charge on any atom is -0.371 e. The monoisotopic (exact) mass is 532 g/mol. The van der Waals surface area contributed by atoms with Gasteiger partial charge in [0, 0.05) is 49.4 Å². The van der Waals surface area contributed by atoms with E-state index in [2.05, 4.69) is 32.4 Å². The highest BCUT2D eigenvalue weighted by atomic mass is 19.1. The van der Waals surface area contributed by atoms with Crippen molar-refractivity contribution in [1.29, 1.82) is 0 Å². The lowest BCUT2D eigenvalue weighted by Crippen LogP contribution is -2.26. The molecule has 200 valence electrons. The second-order valence-corrected chi connectivity index (χ2v) is 10.5. The molecule has 39 heavy (non-hydrogen) atoms. The van der Waals surface area contributed by atoms with Crippen LogP contribution in [0.25, 0.3) is 10.9 Å². The number of carbonyl (C=O) groups is 1. The van der Waals surface area contributed by atoms with Gasteiger partial charge in [-0.05, 0) is 72.8 Å². The van der Waals surface area contributed by atoms with Crippen LogP contribution in [0.5, 0.6) is 0 Å². The molecule has 2 unspecified atom stereocenters. The fourth-order valence-electron chi connectivity index (χ4n) is 5.89. The van der Waals surface area contributed by atoms with Gasteiger partial charge in [-0.3, -0.25) is 20.0 Å². The van der Waals surface area contributed by atoms with E-state index in [4.69, 9.17) is 0 Å². The van der Waals surface area contributed by atoms with E-state index in [1.54, 1.807) is 24.3 Å². The summed E-state index contributed by atoms with van der Waals surface area (Å²) in [6.45, 7) is 3.70. The Morgan fingerprint density at radius 2 is 1.74 bits per heavy atom. The Bertz CT molecular complexity index is 1570. The largest absolute Gasteiger partial charge is 0.371 e. The molecule has 1 amide bonds. The van der Waals surface area contributed by atoms with Gasteiger partial charge in [0.05, 0.1) is 10.4 Å². The number of aromatic nitrogens is 2. The van der Waals surface area contributed by atoms with Gasteiger partial charge in [-0.2, -0.15) is 5.10 Å². The van der Waals surface area contributed by atoms with E-state index >= 15 is 0 Å². The average molecular weight is 533 g/mol. The summed E-state index contributed by atoms with van der Waals surface area (Å²) in [7, 11) is 2.11. The lowest BCUT2D eigenvalue weighted by Gasteiger charge is -2.21. The molecule has 2 N–H and O–H groups in total. The van der Waals surface area contributed by atoms with Crippen molar-refractivity contribution in [3.8, 4) is 0 Å². The summed E-state index contributed by atoms with van der Waals surface area (Å²) in [4.78, 5) is 29.1. The maximum atomic E-state index is 13.6. The van der Waals surface area contributed by atoms with Crippen LogP contribution < -0.4 is 10.2 Å². The van der Waals surface area contributed by atoms with Crippen LogP contribution in [-0.4, -0.2) is 59.2 Å². The normalized spacial score (nSPS) is 19.0. The van der Waals surface area contributed by atoms with E-state index < -0.39 is 22.5 Å². The van der Waals surface area contributed by atoms with Crippen LogP contribution in [0.3, 0.4) is 0 Å². The van der Waals surface area contributed by atoms with Crippen LogP contribution in [-0.2, 0) is 6.42 Å². The smallest absolute Gasteiger partial charge is 0.284 e. The number of likely N-dealkylation sites (tertiary alicyclic amines) is 1. The Balaban J connectivity index is 1.23. The lowest BCUT2D eigenvalue weighted by atomic mass is 10.0. The number of fused-ring (bicyclic) bond motifs is 2. The maximum absolute atomic E-state index is 13.6. The Morgan fingerprint density at radius 1 is 1.03 bits per heavy atom. The first kappa shape index (κ1) is 24.9. The molecule has 2 fully saturated rings. The number of benzene rings is 3. The summed E-state index contributed by atoms with van der Waals surface area (Å²) < 4.78 is 27.2. The summed E-state index contributed by atoms with van der Waals surface area (Å²) in [5.41, 5.74) is 2.25. The number of carbonyl (C=O) groups excluding carboxylic acids is 1. The summed E-state index contributed by atoms with van der Waals surface area (Å²) >= 11 is 0. The van der Waals surface area contributed by atoms with Crippen molar-refractivity contribution in [1.82, 2.24) is 15.1 Å². The molecule has 2 saturated heterocycles. The molecule has 0 aliphatic carbocycles. The van der Waals surface area contributed by atoms with Crippen molar-refractivity contribution in [2.24, 2.45) is 11.8 Å². The molecule has 6 rings (SSSR count). The first-order valence-electron chi connectivity index (χ1n) is 12.7. The zero-order chi connectivity index (χ0) is 27.3. The third-order valence-corrected chi connectivity index (χ3v) is 7.65. The molecule has 2 atom stereocenters. The van der Waals surface area contributed by atoms with Crippen LogP contribution in [0.1, 0.15) is 21.5 Å². The number of hydrogen-bond donors (Lipinski definition) is 2. The van der Waals surface area contributed by atoms with E-state index in [0.29, 0.717) is 28.3 Å². The fourth-order valence-corrected chi connectivity index (χ4v) is 5.89. The molecule has 0 bridgehead atoms. The number of nitrogens with one attached hydrogen (secondary N) is 2. The summed E-state index contributed by atoms with van der Waals surface area (Å²) in [5.74, 6) is -0.689. The molecular weight excluding hydrogens is 506 g/mol. The highest BCUT2D eigenvalue weighted by molar-refractivity contribution is 6.10. The van der Waals surface area contributed by atoms with E-state index in [0.717, 1.165) is 43.5 Å². The fraction of sp³-hybridized carbons (Fsp3) is 0.286. The van der Waals surface area contributed by atoms with Gasteiger partial charge in [0.25, 0.3) is 11.6 Å². The third kappa shape index (κ3) is 4.92. The number of hydrogen-bond acceptors (Lipinski definition) is 6. The lowest BCUT2D eigenvalue weighted by molar-refractivity contribution is -0.385. The average Bonchev–Trinajstić information content (AvgIpc) is 3.56. The van der Waals surface area contributed by atoms with E-state index in [1.165, 1.54) is 24.3 Å². The Kier molecular flexibility index (Phi) is 6.22. The van der Waals surface area contributed by atoms with E-state index in [9.17, 15) is 23.7 Å². The third-order valence-electron chi connectivity index (χ3n) is 7.65. The van der Waals surface area contributed by atoms with Crippen LogP contribution in [0, 0.1) is 33.6 Å². The molecule has 3 aromatic carbocycles. The zero-order valence-corrected chi connectivity index (χ0v) is 21.2. The number of rotatable bonds is 6. The van der Waals surface area contributed by atoms with Crippen molar-refractivity contribution < 1.29 is 18.5 Å². The van der Waals surface area contributed by atoms with Gasteiger partial charge in [-0.25, -0.2) is 8.78 Å². The summed E-state index contributed by atoms with van der Waals surface area (Å²) in [5, 5.41) is 22.2. The number of aromatic amines is 1. The first-order valence-corrected chi connectivity index (χ1v) is 12.7. The molecule has 0 radical (unpaired) electrons. The van der Waals surface area contributed by atoms with Gasteiger partial charge in [0.1, 0.15) is 17.2 Å². The number of amides is 1. The van der Waals surface area contributed by atoms with Crippen LogP contribution in [0.15, 0.2) is 54.6 Å². The molecule has 2 aliphatic heterocycles. The second kappa shape index (κ2) is 9.73. The van der Waals surface area contributed by atoms with Crippen molar-refractivity contribution in [2.75, 3.05) is 43.4 Å². The number of H-pyrrole nitrogens is 1. The highest BCUT2D eigenvalue weighted by Gasteiger charge is 2.39. The van der Waals surface area contributed by atoms with Crippen LogP contribution in [0.4, 0.5) is 26.0 Å². The number of halogens is 2. The van der Waals surface area contributed by atoms with Gasteiger partial charge in [-0.1, -0.05) is 6.07 Å². The number of nitro groups is 1. The molecule has 0 spiro atoms. The van der Waals surface area contributed by atoms with Gasteiger partial charge in [0.2, 0.25) is 0 Å². The molecule has 9 nitrogen and oxygen atoms in total. The van der Waals surface area contributed by atoms with Gasteiger partial charge in [0.15, 0.2) is 5.82 Å². The maximum Gasteiger partial charge on any atom is 0.284 e. The summed E-state index contributed by atoms with van der Waals surface area (Å²) in [6, 6.07) is 13.4. The Morgan fingerprint density at radius 3 is 2.44 bits per heavy atom. The second-order valence-electron chi connectivity index (χ2n) is 10.5. The molecule has 2 aliphatic rings. The van der Waals surface area contributed by atoms with E-state index in [-0.39, 0.29) is 23.5 Å². The van der Waals surface area contributed by atoms with Gasteiger partial charge < -0.3 is 15.1 Å². The Hall–Kier alpha value is -4.38. The van der Waals surface area contributed by atoms with Crippen molar-refractivity contribution in [2.45, 2.75) is 6.42 Å². The van der Waals surface area contributed by atoms with E-state index in [1.807, 2.05) is 0 Å². The van der Waals surface area contributed by atoms with Gasteiger partial charge in [-0.15, -0.1) is 0 Å². The molecule has 0 saturated carbocycles.